The zero-order valence-corrected chi connectivity index (χ0v) is 35.3. The van der Waals surface area contributed by atoms with Gasteiger partial charge >= 0.3 is 19.8 Å². The number of likely N-dealkylation sites (N-methyl/N-ethyl adjacent to an activating group) is 1. The van der Waals surface area contributed by atoms with Crippen molar-refractivity contribution in [1.29, 1.82) is 0 Å². The minimum absolute atomic E-state index is 0.0156. The van der Waals surface area contributed by atoms with Gasteiger partial charge < -0.3 is 18.9 Å². The number of phosphoric ester groups is 1. The van der Waals surface area contributed by atoms with Gasteiger partial charge in [0.2, 0.25) is 0 Å². The fourth-order valence-electron chi connectivity index (χ4n) is 4.78. The largest absolute Gasteiger partial charge is 0.472 e. The molecule has 0 bridgehead atoms. The minimum Gasteiger partial charge on any atom is -0.462 e. The molecule has 0 fully saturated rings. The molecule has 0 spiro atoms. The third kappa shape index (κ3) is 38.9. The Bertz CT molecular complexity index is 1200. The van der Waals surface area contributed by atoms with Gasteiger partial charge in [0.15, 0.2) is 6.10 Å². The van der Waals surface area contributed by atoms with E-state index in [0.29, 0.717) is 23.9 Å². The standard InChI is InChI=1S/C44H74NO8P/c1-6-8-10-12-14-16-18-20-22-24-26-28-30-32-34-36-43(46)50-40-42(41-52-54(48,49)51-39-38-45(3,4)5)53-44(47)37-35-33-31-29-27-25-23-21-19-17-15-13-11-9-7-2/h8-11,14-17,20-23,27,29,42H,6-7,12-13,18-19,24-26,28,30-41H2,1-5H3/p+1/b10-8-,11-9-,16-14-,17-15-,22-20-,23-21-,29-27-/t42-/m1/s1. The number of rotatable bonds is 35. The van der Waals surface area contributed by atoms with Crippen LogP contribution in [0, 0.1) is 0 Å². The summed E-state index contributed by atoms with van der Waals surface area (Å²) in [6.45, 7) is 4.09. The normalized spacial score (nSPS) is 14.6. The summed E-state index contributed by atoms with van der Waals surface area (Å²) in [7, 11) is 1.42. The maximum atomic E-state index is 12.6. The maximum Gasteiger partial charge on any atom is 0.472 e. The Hall–Kier alpha value is -2.81. The molecule has 2 atom stereocenters. The zero-order chi connectivity index (χ0) is 40.0. The highest BCUT2D eigenvalue weighted by Crippen LogP contribution is 2.43. The lowest BCUT2D eigenvalue weighted by Gasteiger charge is -2.24. The molecule has 0 aliphatic rings. The lowest BCUT2D eigenvalue weighted by Crippen LogP contribution is -2.37. The number of quaternary nitrogens is 1. The molecule has 0 aromatic carbocycles. The Balaban J connectivity index is 4.53. The summed E-state index contributed by atoms with van der Waals surface area (Å²) in [5.41, 5.74) is 0. The van der Waals surface area contributed by atoms with E-state index in [4.69, 9.17) is 18.5 Å². The van der Waals surface area contributed by atoms with E-state index in [1.807, 2.05) is 21.1 Å². The number of carbonyl (C=O) groups is 2. The predicted molar refractivity (Wildman–Crippen MR) is 224 cm³/mol. The molecule has 1 N–H and O–H groups in total. The highest BCUT2D eigenvalue weighted by Gasteiger charge is 2.27. The highest BCUT2D eigenvalue weighted by atomic mass is 31.2. The summed E-state index contributed by atoms with van der Waals surface area (Å²) in [4.78, 5) is 35.3. The Kier molecular flexibility index (Phi) is 34.0. The zero-order valence-electron chi connectivity index (χ0n) is 34.4. The van der Waals surface area contributed by atoms with Gasteiger partial charge in [-0.15, -0.1) is 0 Å². The van der Waals surface area contributed by atoms with Gasteiger partial charge in [0, 0.05) is 12.8 Å². The van der Waals surface area contributed by atoms with Gasteiger partial charge in [-0.2, -0.15) is 0 Å². The molecule has 0 saturated carbocycles. The van der Waals surface area contributed by atoms with E-state index in [-0.39, 0.29) is 26.1 Å². The number of unbranched alkanes of at least 4 members (excludes halogenated alkanes) is 7. The van der Waals surface area contributed by atoms with Gasteiger partial charge in [-0.1, -0.05) is 118 Å². The molecule has 0 saturated heterocycles. The summed E-state index contributed by atoms with van der Waals surface area (Å²) in [6, 6.07) is 0. The molecule has 0 aliphatic carbocycles. The smallest absolute Gasteiger partial charge is 0.462 e. The van der Waals surface area contributed by atoms with Crippen molar-refractivity contribution < 1.29 is 42.1 Å². The first kappa shape index (κ1) is 51.2. The number of phosphoric acid groups is 1. The summed E-state index contributed by atoms with van der Waals surface area (Å²) in [5.74, 6) is -0.879. The average Bonchev–Trinajstić information content (AvgIpc) is 3.12. The first-order chi connectivity index (χ1) is 26.0. The number of allylic oxidation sites excluding steroid dienone is 14. The van der Waals surface area contributed by atoms with Crippen molar-refractivity contribution in [3.8, 4) is 0 Å². The van der Waals surface area contributed by atoms with Crippen LogP contribution in [0.5, 0.6) is 0 Å². The van der Waals surface area contributed by atoms with Crippen LogP contribution in [-0.4, -0.2) is 74.9 Å². The summed E-state index contributed by atoms with van der Waals surface area (Å²) >= 11 is 0. The van der Waals surface area contributed by atoms with Gasteiger partial charge in [0.05, 0.1) is 27.7 Å². The maximum absolute atomic E-state index is 12.6. The molecule has 0 aromatic heterocycles. The number of carbonyl (C=O) groups excluding carboxylic acids is 2. The van der Waals surface area contributed by atoms with E-state index < -0.39 is 32.5 Å². The fourth-order valence-corrected chi connectivity index (χ4v) is 5.52. The van der Waals surface area contributed by atoms with Gasteiger partial charge in [-0.05, 0) is 83.5 Å². The van der Waals surface area contributed by atoms with Crippen molar-refractivity contribution in [1.82, 2.24) is 0 Å². The van der Waals surface area contributed by atoms with Crippen LogP contribution in [0.25, 0.3) is 0 Å². The molecule has 1 unspecified atom stereocenters. The number of hydrogen-bond donors (Lipinski definition) is 1. The lowest BCUT2D eigenvalue weighted by molar-refractivity contribution is -0.870. The summed E-state index contributed by atoms with van der Waals surface area (Å²) < 4.78 is 34.2. The molecule has 0 rings (SSSR count). The third-order valence-electron chi connectivity index (χ3n) is 7.92. The van der Waals surface area contributed by atoms with Crippen LogP contribution in [-0.2, 0) is 32.7 Å². The van der Waals surface area contributed by atoms with Gasteiger partial charge in [0.25, 0.3) is 0 Å². The van der Waals surface area contributed by atoms with Crippen molar-refractivity contribution in [2.24, 2.45) is 0 Å². The molecule has 0 heterocycles. The van der Waals surface area contributed by atoms with Crippen LogP contribution in [0.1, 0.15) is 129 Å². The van der Waals surface area contributed by atoms with Crippen LogP contribution in [0.4, 0.5) is 0 Å². The first-order valence-electron chi connectivity index (χ1n) is 20.3. The SMILES string of the molecule is CC/C=C\C/C=C\C/C=C\C/C=C\CCCCC(=O)O[C@H](COC(=O)CCCCCCC/C=C\C/C=C\C/C=C\CC)COP(=O)(O)OCC[N+](C)(C)C. The van der Waals surface area contributed by atoms with Crippen LogP contribution in [0.15, 0.2) is 85.1 Å². The molecule has 0 amide bonds. The molecular formula is C44H75NO8P+. The Labute approximate surface area is 329 Å². The third-order valence-corrected chi connectivity index (χ3v) is 8.90. The number of esters is 2. The van der Waals surface area contributed by atoms with Crippen molar-refractivity contribution in [3.63, 3.8) is 0 Å². The molecule has 0 aromatic rings. The van der Waals surface area contributed by atoms with E-state index >= 15 is 0 Å². The van der Waals surface area contributed by atoms with Crippen molar-refractivity contribution in [2.45, 2.75) is 136 Å². The van der Waals surface area contributed by atoms with Crippen LogP contribution < -0.4 is 0 Å². The van der Waals surface area contributed by atoms with Crippen LogP contribution in [0.2, 0.25) is 0 Å². The van der Waals surface area contributed by atoms with Crippen LogP contribution >= 0.6 is 7.82 Å². The number of ether oxygens (including phenoxy) is 2. The quantitative estimate of drug-likeness (QED) is 0.0223. The molecule has 0 radical (unpaired) electrons. The lowest BCUT2D eigenvalue weighted by atomic mass is 10.1. The van der Waals surface area contributed by atoms with Gasteiger partial charge in [0.1, 0.15) is 19.8 Å². The average molecular weight is 777 g/mol. The number of hydrogen-bond acceptors (Lipinski definition) is 7. The van der Waals surface area contributed by atoms with E-state index in [1.165, 1.54) is 0 Å². The van der Waals surface area contributed by atoms with Crippen molar-refractivity contribution in [3.05, 3.63) is 85.1 Å². The van der Waals surface area contributed by atoms with E-state index in [1.54, 1.807) is 0 Å². The Morgan fingerprint density at radius 2 is 1.00 bits per heavy atom. The second-order valence-electron chi connectivity index (χ2n) is 14.3. The minimum atomic E-state index is -4.39. The van der Waals surface area contributed by atoms with Crippen molar-refractivity contribution in [2.75, 3.05) is 47.5 Å². The predicted octanol–water partition coefficient (Wildman–Crippen LogP) is 11.2. The highest BCUT2D eigenvalue weighted by molar-refractivity contribution is 7.47. The molecular weight excluding hydrogens is 701 g/mol. The molecule has 54 heavy (non-hydrogen) atoms. The van der Waals surface area contributed by atoms with Crippen LogP contribution in [0.3, 0.4) is 0 Å². The first-order valence-corrected chi connectivity index (χ1v) is 21.8. The monoisotopic (exact) mass is 777 g/mol. The van der Waals surface area contributed by atoms with Crippen molar-refractivity contribution >= 4 is 19.8 Å². The molecule has 10 heteroatoms. The van der Waals surface area contributed by atoms with Gasteiger partial charge in [-0.3, -0.25) is 18.6 Å². The molecule has 308 valence electrons. The summed E-state index contributed by atoms with van der Waals surface area (Å²) in [5, 5.41) is 0. The second-order valence-corrected chi connectivity index (χ2v) is 15.7. The number of nitrogens with zero attached hydrogens (tertiary/aromatic N) is 1. The second kappa shape index (κ2) is 35.9. The Morgan fingerprint density at radius 1 is 0.574 bits per heavy atom. The van der Waals surface area contributed by atoms with E-state index in [9.17, 15) is 19.0 Å². The van der Waals surface area contributed by atoms with E-state index in [0.717, 1.165) is 89.9 Å². The van der Waals surface area contributed by atoms with E-state index in [2.05, 4.69) is 98.9 Å². The molecule has 0 aliphatic heterocycles. The molecule has 9 nitrogen and oxygen atoms in total. The topological polar surface area (TPSA) is 108 Å². The summed E-state index contributed by atoms with van der Waals surface area (Å²) in [6.07, 6.45) is 44.9. The Morgan fingerprint density at radius 3 is 1.52 bits per heavy atom. The fraction of sp³-hybridized carbons (Fsp3) is 0.636. The van der Waals surface area contributed by atoms with Gasteiger partial charge in [-0.25, -0.2) is 4.57 Å².